The Morgan fingerprint density at radius 3 is 3.00 bits per heavy atom. The van der Waals surface area contributed by atoms with Crippen LogP contribution in [0.3, 0.4) is 0 Å². The molecule has 0 aliphatic carbocycles. The molecule has 0 radical (unpaired) electrons. The van der Waals surface area contributed by atoms with Crippen molar-refractivity contribution < 1.29 is 0 Å². The van der Waals surface area contributed by atoms with Gasteiger partial charge in [0.05, 0.1) is 6.20 Å². The second-order valence-electron chi connectivity index (χ2n) is 5.20. The Morgan fingerprint density at radius 1 is 1.57 bits per heavy atom. The molecule has 5 nitrogen and oxygen atoms in total. The maximum atomic E-state index is 4.40. The second-order valence-corrected chi connectivity index (χ2v) is 6.18. The first-order chi connectivity index (χ1) is 9.74. The lowest BCUT2D eigenvalue weighted by atomic mass is 10.0. The number of nitrogens with zero attached hydrogens (tertiary/aromatic N) is 4. The highest BCUT2D eigenvalue weighted by Gasteiger charge is 2.26. The van der Waals surface area contributed by atoms with Gasteiger partial charge in [0.1, 0.15) is 0 Å². The lowest BCUT2D eigenvalue weighted by Gasteiger charge is -2.21. The van der Waals surface area contributed by atoms with Crippen molar-refractivity contribution in [3.63, 3.8) is 0 Å². The summed E-state index contributed by atoms with van der Waals surface area (Å²) in [5.74, 6) is 2.81. The zero-order valence-corrected chi connectivity index (χ0v) is 16.2. The number of aryl methyl sites for hydroxylation is 1. The fourth-order valence-electron chi connectivity index (χ4n) is 2.62. The predicted octanol–water partition coefficient (Wildman–Crippen LogP) is 2.16. The third-order valence-electron chi connectivity index (χ3n) is 3.70. The van der Waals surface area contributed by atoms with Gasteiger partial charge in [-0.15, -0.1) is 24.0 Å². The number of hydrogen-bond acceptors (Lipinski definition) is 3. The van der Waals surface area contributed by atoms with Gasteiger partial charge in [0.2, 0.25) is 0 Å². The average Bonchev–Trinajstić information content (AvgIpc) is 3.08. The molecule has 1 aliphatic heterocycles. The highest BCUT2D eigenvalue weighted by molar-refractivity contribution is 14.0. The molecule has 0 aromatic carbocycles. The van der Waals surface area contributed by atoms with Gasteiger partial charge in [-0.25, -0.2) is 0 Å². The van der Waals surface area contributed by atoms with E-state index in [0.717, 1.165) is 25.6 Å². The Hall–Kier alpha value is -0.440. The van der Waals surface area contributed by atoms with Crippen molar-refractivity contribution in [2.75, 3.05) is 38.7 Å². The van der Waals surface area contributed by atoms with Crippen LogP contribution in [0.5, 0.6) is 0 Å². The van der Waals surface area contributed by atoms with Crippen LogP contribution in [0, 0.1) is 0 Å². The van der Waals surface area contributed by atoms with E-state index < -0.39 is 0 Å². The van der Waals surface area contributed by atoms with Gasteiger partial charge in [0, 0.05) is 45.8 Å². The van der Waals surface area contributed by atoms with E-state index in [9.17, 15) is 0 Å². The molecule has 1 aromatic heterocycles. The number of guanidine groups is 1. The molecule has 0 bridgehead atoms. The van der Waals surface area contributed by atoms with Crippen LogP contribution in [-0.2, 0) is 7.05 Å². The molecular weight excluding hydrogens is 397 g/mol. The Bertz CT molecular complexity index is 448. The first-order valence-electron chi connectivity index (χ1n) is 7.17. The van der Waals surface area contributed by atoms with Crippen LogP contribution in [-0.4, -0.2) is 59.3 Å². The smallest absolute Gasteiger partial charge is 0.193 e. The number of hydrogen-bond donors (Lipinski definition) is 1. The average molecular weight is 423 g/mol. The number of aromatic nitrogens is 2. The number of aliphatic imine (C=N–C) groups is 1. The number of halogens is 1. The van der Waals surface area contributed by atoms with E-state index in [2.05, 4.69) is 32.8 Å². The molecule has 0 spiro atoms. The zero-order chi connectivity index (χ0) is 14.4. The first kappa shape index (κ1) is 18.6. The van der Waals surface area contributed by atoms with Gasteiger partial charge in [-0.2, -0.15) is 16.9 Å². The van der Waals surface area contributed by atoms with Crippen LogP contribution < -0.4 is 5.32 Å². The van der Waals surface area contributed by atoms with E-state index >= 15 is 0 Å². The summed E-state index contributed by atoms with van der Waals surface area (Å²) in [4.78, 5) is 6.76. The molecular formula is C14H26IN5S. The lowest BCUT2D eigenvalue weighted by molar-refractivity contribution is 0.486. The van der Waals surface area contributed by atoms with Gasteiger partial charge in [0.15, 0.2) is 5.96 Å². The molecule has 2 heterocycles. The lowest BCUT2D eigenvalue weighted by Crippen LogP contribution is -2.40. The minimum absolute atomic E-state index is 0. The largest absolute Gasteiger partial charge is 0.356 e. The van der Waals surface area contributed by atoms with Crippen LogP contribution in [0.15, 0.2) is 17.4 Å². The standard InChI is InChI=1S/C14H25N5S.HI/c1-15-14(16-6-4-8-20-3)19-7-5-12(11-19)13-9-17-18(2)10-13;/h9-10,12H,4-8,11H2,1-3H3,(H,15,16);1H. The van der Waals surface area contributed by atoms with Crippen molar-refractivity contribution >= 4 is 41.7 Å². The van der Waals surface area contributed by atoms with Crippen molar-refractivity contribution in [2.45, 2.75) is 18.8 Å². The monoisotopic (exact) mass is 423 g/mol. The topological polar surface area (TPSA) is 45.5 Å². The third kappa shape index (κ3) is 5.36. The maximum absolute atomic E-state index is 4.40. The van der Waals surface area contributed by atoms with Gasteiger partial charge in [-0.1, -0.05) is 0 Å². The van der Waals surface area contributed by atoms with Crippen molar-refractivity contribution in [2.24, 2.45) is 12.0 Å². The summed E-state index contributed by atoms with van der Waals surface area (Å²) < 4.78 is 1.88. The molecule has 7 heteroatoms. The van der Waals surface area contributed by atoms with Crippen molar-refractivity contribution in [1.29, 1.82) is 0 Å². The van der Waals surface area contributed by atoms with Crippen LogP contribution in [0.25, 0.3) is 0 Å². The SMILES string of the molecule is CN=C(NCCCSC)N1CCC(c2cnn(C)c2)C1.I. The van der Waals surface area contributed by atoms with Crippen molar-refractivity contribution in [1.82, 2.24) is 20.0 Å². The summed E-state index contributed by atoms with van der Waals surface area (Å²) in [7, 11) is 3.84. The molecule has 1 saturated heterocycles. The summed E-state index contributed by atoms with van der Waals surface area (Å²) in [5, 5.41) is 7.74. The normalized spacial score (nSPS) is 18.7. The highest BCUT2D eigenvalue weighted by atomic mass is 127. The van der Waals surface area contributed by atoms with E-state index in [1.54, 1.807) is 0 Å². The van der Waals surface area contributed by atoms with Gasteiger partial charge in [-0.3, -0.25) is 9.67 Å². The van der Waals surface area contributed by atoms with E-state index in [1.807, 2.05) is 36.7 Å². The van der Waals surface area contributed by atoms with Gasteiger partial charge in [-0.05, 0) is 30.4 Å². The molecule has 1 N–H and O–H groups in total. The summed E-state index contributed by atoms with van der Waals surface area (Å²) in [6, 6.07) is 0. The molecule has 21 heavy (non-hydrogen) atoms. The molecule has 1 atom stereocenters. The molecule has 120 valence electrons. The Labute approximate surface area is 149 Å². The third-order valence-corrected chi connectivity index (χ3v) is 4.40. The van der Waals surface area contributed by atoms with Crippen LogP contribution >= 0.6 is 35.7 Å². The number of thioether (sulfide) groups is 1. The summed E-state index contributed by atoms with van der Waals surface area (Å²) >= 11 is 1.89. The van der Waals surface area contributed by atoms with E-state index in [0.29, 0.717) is 5.92 Å². The van der Waals surface area contributed by atoms with Crippen LogP contribution in [0.2, 0.25) is 0 Å². The minimum Gasteiger partial charge on any atom is -0.356 e. The Balaban J connectivity index is 0.00000220. The van der Waals surface area contributed by atoms with Crippen molar-refractivity contribution in [3.05, 3.63) is 18.0 Å². The van der Waals surface area contributed by atoms with Gasteiger partial charge < -0.3 is 10.2 Å². The molecule has 2 rings (SSSR count). The van der Waals surface area contributed by atoms with Gasteiger partial charge >= 0.3 is 0 Å². The van der Waals surface area contributed by atoms with Crippen molar-refractivity contribution in [3.8, 4) is 0 Å². The Morgan fingerprint density at radius 2 is 2.38 bits per heavy atom. The first-order valence-corrected chi connectivity index (χ1v) is 8.57. The second kappa shape index (κ2) is 9.55. The highest BCUT2D eigenvalue weighted by Crippen LogP contribution is 2.26. The minimum atomic E-state index is 0. The van der Waals surface area contributed by atoms with E-state index in [-0.39, 0.29) is 24.0 Å². The molecule has 1 unspecified atom stereocenters. The quantitative estimate of drug-likeness (QED) is 0.341. The molecule has 1 aliphatic rings. The maximum Gasteiger partial charge on any atom is 0.193 e. The predicted molar refractivity (Wildman–Crippen MR) is 102 cm³/mol. The fraction of sp³-hybridized carbons (Fsp3) is 0.714. The molecule has 1 fully saturated rings. The summed E-state index contributed by atoms with van der Waals surface area (Å²) in [5.41, 5.74) is 1.34. The zero-order valence-electron chi connectivity index (χ0n) is 13.1. The van der Waals surface area contributed by atoms with Crippen LogP contribution in [0.1, 0.15) is 24.3 Å². The molecule has 0 saturated carbocycles. The number of likely N-dealkylation sites (tertiary alicyclic amines) is 1. The Kier molecular flexibility index (Phi) is 8.46. The summed E-state index contributed by atoms with van der Waals surface area (Å²) in [6.45, 7) is 3.11. The number of nitrogens with one attached hydrogen (secondary N) is 1. The molecule has 0 amide bonds. The van der Waals surface area contributed by atoms with Gasteiger partial charge in [0.25, 0.3) is 0 Å². The fourth-order valence-corrected chi connectivity index (χ4v) is 3.06. The summed E-state index contributed by atoms with van der Waals surface area (Å²) in [6.07, 6.45) is 8.62. The number of rotatable bonds is 5. The van der Waals surface area contributed by atoms with Crippen LogP contribution in [0.4, 0.5) is 0 Å². The van der Waals surface area contributed by atoms with E-state index in [4.69, 9.17) is 0 Å². The molecule has 1 aromatic rings. The van der Waals surface area contributed by atoms with E-state index in [1.165, 1.54) is 24.2 Å².